The quantitative estimate of drug-likeness (QED) is 0.274. The van der Waals surface area contributed by atoms with E-state index in [2.05, 4.69) is 39.3 Å². The maximum atomic E-state index is 13.7. The fourth-order valence-corrected chi connectivity index (χ4v) is 6.11. The summed E-state index contributed by atoms with van der Waals surface area (Å²) in [7, 11) is 2.07. The van der Waals surface area contributed by atoms with Gasteiger partial charge in [-0.3, -0.25) is 9.59 Å². The van der Waals surface area contributed by atoms with Crippen LogP contribution in [-0.4, -0.2) is 80.6 Å². The van der Waals surface area contributed by atoms with Crippen LogP contribution in [0.1, 0.15) is 53.3 Å². The molecule has 0 unspecified atom stereocenters. The van der Waals surface area contributed by atoms with Gasteiger partial charge in [-0.2, -0.15) is 0 Å². The number of para-hydroxylation sites is 2. The molecule has 0 aromatic heterocycles. The number of piperidine rings is 1. The summed E-state index contributed by atoms with van der Waals surface area (Å²) >= 11 is 5.94. The summed E-state index contributed by atoms with van der Waals surface area (Å²) in [6.45, 7) is 8.25. The molecule has 0 aliphatic carbocycles. The number of piperazine rings is 1. The van der Waals surface area contributed by atoms with Gasteiger partial charge in [0.2, 0.25) is 0 Å². The molecule has 8 nitrogen and oxygen atoms in total. The van der Waals surface area contributed by atoms with E-state index >= 15 is 0 Å². The number of carbonyl (C=O) groups is 2. The number of anilines is 3. The topological polar surface area (TPSA) is 77.2 Å². The molecule has 10 heteroatoms. The predicted molar refractivity (Wildman–Crippen MR) is 175 cm³/mol. The van der Waals surface area contributed by atoms with Crippen molar-refractivity contribution in [1.29, 1.82) is 0 Å². The van der Waals surface area contributed by atoms with Gasteiger partial charge in [0.15, 0.2) is 0 Å². The van der Waals surface area contributed by atoms with Gasteiger partial charge in [-0.1, -0.05) is 37.1 Å². The van der Waals surface area contributed by atoms with Crippen molar-refractivity contribution in [2.45, 2.75) is 38.6 Å². The molecule has 1 atom stereocenters. The SMILES string of the molecule is CCN1CCCC[C@H]1CCOc1ccccc1NC(=O)c1ccc(N2CCN(C)CC2)c(NC(=O)c2ccc(F)c(Cl)c2)c1. The van der Waals surface area contributed by atoms with Gasteiger partial charge in [0, 0.05) is 43.3 Å². The first-order valence-corrected chi connectivity index (χ1v) is 15.8. The van der Waals surface area contributed by atoms with Crippen LogP contribution in [0, 0.1) is 5.82 Å². The van der Waals surface area contributed by atoms with E-state index in [4.69, 9.17) is 16.3 Å². The first-order valence-electron chi connectivity index (χ1n) is 15.4. The van der Waals surface area contributed by atoms with Gasteiger partial charge in [-0.25, -0.2) is 4.39 Å². The smallest absolute Gasteiger partial charge is 0.255 e. The fraction of sp³-hybridized carbons (Fsp3) is 0.412. The molecule has 3 aromatic carbocycles. The van der Waals surface area contributed by atoms with Gasteiger partial charge in [-0.15, -0.1) is 0 Å². The fourth-order valence-electron chi connectivity index (χ4n) is 5.93. The maximum absolute atomic E-state index is 13.7. The Morgan fingerprint density at radius 1 is 0.909 bits per heavy atom. The Balaban J connectivity index is 1.32. The Hall–Kier alpha value is -3.66. The van der Waals surface area contributed by atoms with E-state index < -0.39 is 11.7 Å². The van der Waals surface area contributed by atoms with Crippen molar-refractivity contribution in [3.05, 3.63) is 82.6 Å². The third-order valence-corrected chi connectivity index (χ3v) is 8.82. The van der Waals surface area contributed by atoms with E-state index in [1.54, 1.807) is 12.1 Å². The lowest BCUT2D eigenvalue weighted by Crippen LogP contribution is -2.44. The minimum absolute atomic E-state index is 0.132. The molecule has 234 valence electrons. The third-order valence-electron chi connectivity index (χ3n) is 8.53. The zero-order valence-corrected chi connectivity index (χ0v) is 26.2. The number of nitrogens with zero attached hydrogens (tertiary/aromatic N) is 3. The molecule has 44 heavy (non-hydrogen) atoms. The van der Waals surface area contributed by atoms with E-state index in [-0.39, 0.29) is 16.5 Å². The molecule has 0 radical (unpaired) electrons. The average molecular weight is 622 g/mol. The molecule has 0 saturated carbocycles. The highest BCUT2D eigenvalue weighted by molar-refractivity contribution is 6.31. The van der Waals surface area contributed by atoms with Crippen molar-refractivity contribution in [3.63, 3.8) is 0 Å². The monoisotopic (exact) mass is 621 g/mol. The molecule has 2 aliphatic rings. The second kappa shape index (κ2) is 14.9. The molecule has 3 aromatic rings. The highest BCUT2D eigenvalue weighted by Gasteiger charge is 2.23. The second-order valence-corrected chi connectivity index (χ2v) is 11.9. The van der Waals surface area contributed by atoms with Crippen molar-refractivity contribution >= 4 is 40.5 Å². The van der Waals surface area contributed by atoms with E-state index in [0.29, 0.717) is 35.3 Å². The van der Waals surface area contributed by atoms with Crippen LogP contribution >= 0.6 is 11.6 Å². The largest absolute Gasteiger partial charge is 0.491 e. The van der Waals surface area contributed by atoms with Crippen molar-refractivity contribution in [3.8, 4) is 5.75 Å². The van der Waals surface area contributed by atoms with E-state index in [1.807, 2.05) is 30.3 Å². The van der Waals surface area contributed by atoms with E-state index in [0.717, 1.165) is 57.4 Å². The van der Waals surface area contributed by atoms with Crippen molar-refractivity contribution in [1.82, 2.24) is 9.80 Å². The van der Waals surface area contributed by atoms with Crippen LogP contribution in [0.25, 0.3) is 0 Å². The van der Waals surface area contributed by atoms with Crippen LogP contribution in [-0.2, 0) is 0 Å². The highest BCUT2D eigenvalue weighted by Crippen LogP contribution is 2.31. The minimum Gasteiger partial charge on any atom is -0.491 e. The number of carbonyl (C=O) groups excluding carboxylic acids is 2. The van der Waals surface area contributed by atoms with E-state index in [1.165, 1.54) is 31.4 Å². The van der Waals surface area contributed by atoms with Crippen molar-refractivity contribution in [2.75, 3.05) is 68.5 Å². The normalized spacial score (nSPS) is 17.7. The summed E-state index contributed by atoms with van der Waals surface area (Å²) in [6.07, 6.45) is 4.63. The number of likely N-dealkylation sites (N-methyl/N-ethyl adjacent to an activating group) is 1. The number of likely N-dealkylation sites (tertiary alicyclic amines) is 1. The molecule has 2 amide bonds. The zero-order valence-electron chi connectivity index (χ0n) is 25.5. The lowest BCUT2D eigenvalue weighted by molar-refractivity contribution is 0.101. The molecule has 2 fully saturated rings. The number of hydrogen-bond acceptors (Lipinski definition) is 6. The number of benzene rings is 3. The van der Waals surface area contributed by atoms with Crippen molar-refractivity contribution in [2.24, 2.45) is 0 Å². The molecule has 0 spiro atoms. The van der Waals surface area contributed by atoms with Crippen LogP contribution in [0.4, 0.5) is 21.5 Å². The highest BCUT2D eigenvalue weighted by atomic mass is 35.5. The molecule has 2 saturated heterocycles. The molecule has 0 bridgehead atoms. The lowest BCUT2D eigenvalue weighted by atomic mass is 10.00. The van der Waals surface area contributed by atoms with Crippen molar-refractivity contribution < 1.29 is 18.7 Å². The Morgan fingerprint density at radius 3 is 2.36 bits per heavy atom. The number of ether oxygens (including phenoxy) is 1. The average Bonchev–Trinajstić information content (AvgIpc) is 3.03. The van der Waals surface area contributed by atoms with Gasteiger partial charge in [0.1, 0.15) is 11.6 Å². The standard InChI is InChI=1S/C34H41ClFN5O3/c1-3-40-16-7-6-8-26(40)15-21-44-32-10-5-4-9-29(32)37-34(43)25-12-14-31(41-19-17-39(2)18-20-41)30(23-25)38-33(42)24-11-13-28(36)27(35)22-24/h4-5,9-14,22-23,26H,3,6-8,15-21H2,1-2H3,(H,37,43)(H,38,42)/t26-/m0/s1. The van der Waals surface area contributed by atoms with E-state index in [9.17, 15) is 14.0 Å². The maximum Gasteiger partial charge on any atom is 0.255 e. The lowest BCUT2D eigenvalue weighted by Gasteiger charge is -2.35. The summed E-state index contributed by atoms with van der Waals surface area (Å²) < 4.78 is 19.9. The molecule has 2 heterocycles. The molecular formula is C34H41ClFN5O3. The number of nitrogens with one attached hydrogen (secondary N) is 2. The Bertz CT molecular complexity index is 1460. The van der Waals surface area contributed by atoms with Crippen LogP contribution in [0.15, 0.2) is 60.7 Å². The summed E-state index contributed by atoms with van der Waals surface area (Å²) in [5, 5.41) is 5.80. The van der Waals surface area contributed by atoms with Crippen LogP contribution in [0.3, 0.4) is 0 Å². The first kappa shape index (κ1) is 31.8. The van der Waals surface area contributed by atoms with Crippen LogP contribution in [0.5, 0.6) is 5.75 Å². The predicted octanol–water partition coefficient (Wildman–Crippen LogP) is 6.38. The Morgan fingerprint density at radius 2 is 1.61 bits per heavy atom. The number of amides is 2. The Kier molecular flexibility index (Phi) is 10.7. The third kappa shape index (κ3) is 7.88. The minimum atomic E-state index is -0.596. The van der Waals surface area contributed by atoms with Gasteiger partial charge in [-0.05, 0) is 87.9 Å². The zero-order chi connectivity index (χ0) is 31.1. The number of halogens is 2. The summed E-state index contributed by atoms with van der Waals surface area (Å²) in [5.74, 6) is -0.745. The Labute approximate surface area is 264 Å². The number of hydrogen-bond donors (Lipinski definition) is 2. The van der Waals surface area contributed by atoms with Crippen LogP contribution in [0.2, 0.25) is 5.02 Å². The van der Waals surface area contributed by atoms with Gasteiger partial charge in [0.25, 0.3) is 11.8 Å². The molecule has 2 aliphatic heterocycles. The van der Waals surface area contributed by atoms with Gasteiger partial charge < -0.3 is 30.1 Å². The van der Waals surface area contributed by atoms with Gasteiger partial charge >= 0.3 is 0 Å². The summed E-state index contributed by atoms with van der Waals surface area (Å²) in [6, 6.07) is 17.1. The molecule has 5 rings (SSSR count). The summed E-state index contributed by atoms with van der Waals surface area (Å²) in [4.78, 5) is 33.7. The molecule has 2 N–H and O–H groups in total. The van der Waals surface area contributed by atoms with Crippen LogP contribution < -0.4 is 20.3 Å². The second-order valence-electron chi connectivity index (χ2n) is 11.5. The summed E-state index contributed by atoms with van der Waals surface area (Å²) in [5.41, 5.74) is 2.49. The molecular weight excluding hydrogens is 581 g/mol. The first-order chi connectivity index (χ1) is 21.3. The van der Waals surface area contributed by atoms with Gasteiger partial charge in [0.05, 0.1) is 28.7 Å². The number of rotatable bonds is 10.